The Labute approximate surface area is 123 Å². The Hall–Kier alpha value is -1.75. The van der Waals surface area contributed by atoms with E-state index in [0.717, 1.165) is 10.7 Å². The van der Waals surface area contributed by atoms with Crippen LogP contribution in [-0.2, 0) is 11.8 Å². The van der Waals surface area contributed by atoms with Crippen LogP contribution < -0.4 is 0 Å². The molecule has 5 heteroatoms. The molecule has 4 nitrogen and oxygen atoms in total. The Morgan fingerprint density at radius 1 is 1.40 bits per heavy atom. The van der Waals surface area contributed by atoms with Gasteiger partial charge in [0.1, 0.15) is 0 Å². The molecule has 1 unspecified atom stereocenters. The summed E-state index contributed by atoms with van der Waals surface area (Å²) in [4.78, 5) is 18.2. The molecule has 1 atom stereocenters. The van der Waals surface area contributed by atoms with E-state index in [2.05, 4.69) is 4.98 Å². The van der Waals surface area contributed by atoms with E-state index in [1.165, 1.54) is 11.8 Å². The molecule has 1 heterocycles. The smallest absolute Gasteiger partial charge is 0.233 e. The van der Waals surface area contributed by atoms with Gasteiger partial charge >= 0.3 is 0 Å². The van der Waals surface area contributed by atoms with Gasteiger partial charge in [0.2, 0.25) is 5.91 Å². The molecule has 1 amide bonds. The lowest BCUT2D eigenvalue weighted by atomic mass is 10.1. The van der Waals surface area contributed by atoms with Crippen LogP contribution in [-0.4, -0.2) is 33.2 Å². The van der Waals surface area contributed by atoms with Crippen molar-refractivity contribution in [2.24, 2.45) is 7.05 Å². The fourth-order valence-electron chi connectivity index (χ4n) is 1.89. The van der Waals surface area contributed by atoms with Gasteiger partial charge in [0.05, 0.1) is 11.8 Å². The van der Waals surface area contributed by atoms with Crippen LogP contribution in [0.4, 0.5) is 0 Å². The third-order valence-corrected chi connectivity index (χ3v) is 4.40. The van der Waals surface area contributed by atoms with Gasteiger partial charge in [-0.1, -0.05) is 42.1 Å². The molecule has 0 aliphatic heterocycles. The molecule has 0 spiro atoms. The summed E-state index contributed by atoms with van der Waals surface area (Å²) in [6.07, 6.45) is 3.62. The molecule has 20 heavy (non-hydrogen) atoms. The molecule has 2 rings (SSSR count). The van der Waals surface area contributed by atoms with E-state index in [-0.39, 0.29) is 11.9 Å². The fourth-order valence-corrected chi connectivity index (χ4v) is 2.75. The number of hydrogen-bond acceptors (Lipinski definition) is 3. The quantitative estimate of drug-likeness (QED) is 0.794. The van der Waals surface area contributed by atoms with Crippen LogP contribution in [0.3, 0.4) is 0 Å². The van der Waals surface area contributed by atoms with Gasteiger partial charge in [-0.3, -0.25) is 4.79 Å². The third kappa shape index (κ3) is 3.42. The maximum atomic E-state index is 12.2. The Kier molecular flexibility index (Phi) is 4.84. The molecule has 0 fully saturated rings. The Bertz CT molecular complexity index is 568. The van der Waals surface area contributed by atoms with Crippen molar-refractivity contribution in [3.63, 3.8) is 0 Å². The summed E-state index contributed by atoms with van der Waals surface area (Å²) >= 11 is 1.46. The zero-order valence-corrected chi connectivity index (χ0v) is 12.8. The second-order valence-electron chi connectivity index (χ2n) is 4.70. The number of thioether (sulfide) groups is 1. The normalized spacial score (nSPS) is 12.2. The average Bonchev–Trinajstić information content (AvgIpc) is 2.89. The second kappa shape index (κ2) is 6.61. The van der Waals surface area contributed by atoms with Crippen LogP contribution in [0.2, 0.25) is 0 Å². The molecule has 1 aromatic carbocycles. The van der Waals surface area contributed by atoms with Crippen LogP contribution in [0, 0.1) is 0 Å². The highest BCUT2D eigenvalue weighted by Crippen LogP contribution is 2.21. The molecular weight excluding hydrogens is 270 g/mol. The first-order valence-corrected chi connectivity index (χ1v) is 7.49. The van der Waals surface area contributed by atoms with Crippen molar-refractivity contribution in [2.75, 3.05) is 12.8 Å². The first kappa shape index (κ1) is 14.7. The van der Waals surface area contributed by atoms with E-state index in [0.29, 0.717) is 5.75 Å². The molecule has 0 radical (unpaired) electrons. The van der Waals surface area contributed by atoms with E-state index in [1.54, 1.807) is 11.1 Å². The molecule has 1 aromatic heterocycles. The van der Waals surface area contributed by atoms with E-state index in [9.17, 15) is 4.79 Å². The second-order valence-corrected chi connectivity index (χ2v) is 5.64. The van der Waals surface area contributed by atoms with E-state index in [4.69, 9.17) is 0 Å². The lowest BCUT2D eigenvalue weighted by Gasteiger charge is -2.25. The number of rotatable bonds is 5. The number of aryl methyl sites for hydroxylation is 1. The summed E-state index contributed by atoms with van der Waals surface area (Å²) in [5.41, 5.74) is 1.14. The van der Waals surface area contributed by atoms with Gasteiger partial charge in [0.15, 0.2) is 5.16 Å². The fraction of sp³-hybridized carbons (Fsp3) is 0.333. The minimum Gasteiger partial charge on any atom is -0.338 e. The van der Waals surface area contributed by atoms with Crippen LogP contribution in [0.1, 0.15) is 18.5 Å². The number of amides is 1. The minimum absolute atomic E-state index is 0.0747. The number of hydrogen-bond donors (Lipinski definition) is 0. The van der Waals surface area contributed by atoms with Crippen molar-refractivity contribution in [1.29, 1.82) is 0 Å². The number of nitrogens with zero attached hydrogens (tertiary/aromatic N) is 3. The van der Waals surface area contributed by atoms with Crippen molar-refractivity contribution in [2.45, 2.75) is 18.1 Å². The van der Waals surface area contributed by atoms with Crippen LogP contribution >= 0.6 is 11.8 Å². The molecule has 0 saturated carbocycles. The highest BCUT2D eigenvalue weighted by Gasteiger charge is 2.17. The molecule has 0 bridgehead atoms. The summed E-state index contributed by atoms with van der Waals surface area (Å²) < 4.78 is 1.92. The van der Waals surface area contributed by atoms with E-state index < -0.39 is 0 Å². The van der Waals surface area contributed by atoms with Crippen molar-refractivity contribution in [3.8, 4) is 0 Å². The largest absolute Gasteiger partial charge is 0.338 e. The summed E-state index contributed by atoms with van der Waals surface area (Å²) in [6, 6.07) is 10.1. The Morgan fingerprint density at radius 3 is 2.70 bits per heavy atom. The van der Waals surface area contributed by atoms with Gasteiger partial charge in [0, 0.05) is 26.5 Å². The van der Waals surface area contributed by atoms with Crippen molar-refractivity contribution < 1.29 is 4.79 Å². The van der Waals surface area contributed by atoms with Crippen LogP contribution in [0.5, 0.6) is 0 Å². The zero-order chi connectivity index (χ0) is 14.5. The minimum atomic E-state index is 0.0747. The molecule has 0 aliphatic rings. The van der Waals surface area contributed by atoms with Gasteiger partial charge in [-0.2, -0.15) is 0 Å². The molecule has 106 valence electrons. The van der Waals surface area contributed by atoms with E-state index in [1.807, 2.05) is 62.1 Å². The molecule has 0 N–H and O–H groups in total. The first-order chi connectivity index (χ1) is 9.59. The van der Waals surface area contributed by atoms with Crippen molar-refractivity contribution in [3.05, 3.63) is 48.3 Å². The highest BCUT2D eigenvalue weighted by atomic mass is 32.2. The Morgan fingerprint density at radius 2 is 2.10 bits per heavy atom. The topological polar surface area (TPSA) is 38.1 Å². The van der Waals surface area contributed by atoms with Gasteiger partial charge in [0.25, 0.3) is 0 Å². The average molecular weight is 289 g/mol. The Balaban J connectivity index is 1.93. The molecular formula is C15H19N3OS. The summed E-state index contributed by atoms with van der Waals surface area (Å²) in [6.45, 7) is 2.04. The van der Waals surface area contributed by atoms with E-state index >= 15 is 0 Å². The number of carbonyl (C=O) groups is 1. The standard InChI is InChI=1S/C15H19N3OS/c1-12(13-7-5-4-6-8-13)18(3)14(19)11-20-15-16-9-10-17(15)2/h4-10,12H,11H2,1-3H3. The molecule has 0 saturated heterocycles. The molecule has 0 aliphatic carbocycles. The lowest BCUT2D eigenvalue weighted by Crippen LogP contribution is -2.31. The molecule has 2 aromatic rings. The van der Waals surface area contributed by atoms with Gasteiger partial charge in [-0.15, -0.1) is 0 Å². The predicted octanol–water partition coefficient (Wildman–Crippen LogP) is 2.73. The van der Waals surface area contributed by atoms with Gasteiger partial charge in [-0.05, 0) is 12.5 Å². The monoisotopic (exact) mass is 289 g/mol. The maximum absolute atomic E-state index is 12.2. The summed E-state index contributed by atoms with van der Waals surface area (Å²) in [7, 11) is 3.77. The van der Waals surface area contributed by atoms with Gasteiger partial charge in [-0.25, -0.2) is 4.98 Å². The highest BCUT2D eigenvalue weighted by molar-refractivity contribution is 7.99. The maximum Gasteiger partial charge on any atom is 0.233 e. The number of imidazole rings is 1. The number of aromatic nitrogens is 2. The summed E-state index contributed by atoms with van der Waals surface area (Å²) in [5, 5.41) is 0.860. The zero-order valence-electron chi connectivity index (χ0n) is 12.0. The van der Waals surface area contributed by atoms with Crippen LogP contribution in [0.25, 0.3) is 0 Å². The summed E-state index contributed by atoms with van der Waals surface area (Å²) in [5.74, 6) is 0.507. The van der Waals surface area contributed by atoms with Crippen molar-refractivity contribution >= 4 is 17.7 Å². The predicted molar refractivity (Wildman–Crippen MR) is 81.6 cm³/mol. The SMILES string of the molecule is CC(c1ccccc1)N(C)C(=O)CSc1nccn1C. The van der Waals surface area contributed by atoms with Crippen LogP contribution in [0.15, 0.2) is 47.9 Å². The number of carbonyl (C=O) groups excluding carboxylic acids is 1. The first-order valence-electron chi connectivity index (χ1n) is 6.50. The lowest BCUT2D eigenvalue weighted by molar-refractivity contribution is -0.128. The van der Waals surface area contributed by atoms with Gasteiger partial charge < -0.3 is 9.47 Å². The third-order valence-electron chi connectivity index (χ3n) is 3.36. The number of benzene rings is 1. The van der Waals surface area contributed by atoms with Crippen molar-refractivity contribution in [1.82, 2.24) is 14.5 Å².